The Balaban J connectivity index is 1.69. The van der Waals surface area contributed by atoms with Gasteiger partial charge >= 0.3 is 0 Å². The molecule has 5 nitrogen and oxygen atoms in total. The van der Waals surface area contributed by atoms with E-state index < -0.39 is 0 Å². The van der Waals surface area contributed by atoms with Crippen molar-refractivity contribution in [2.75, 3.05) is 6.54 Å². The van der Waals surface area contributed by atoms with Crippen LogP contribution in [0.2, 0.25) is 0 Å². The second-order valence-corrected chi connectivity index (χ2v) is 7.44. The third-order valence-electron chi connectivity index (χ3n) is 4.81. The largest absolute Gasteiger partial charge is 0.336 e. The summed E-state index contributed by atoms with van der Waals surface area (Å²) in [6.07, 6.45) is 11.7. The molecule has 5 heteroatoms. The third-order valence-corrected chi connectivity index (χ3v) is 4.81. The maximum Gasteiger partial charge on any atom is 0.233 e. The Morgan fingerprint density at radius 1 is 1.42 bits per heavy atom. The Morgan fingerprint density at radius 3 is 3.00 bits per heavy atom. The van der Waals surface area contributed by atoms with Crippen LogP contribution in [-0.2, 0) is 11.3 Å². The monoisotopic (exact) mass is 326 g/mol. The van der Waals surface area contributed by atoms with Crippen LogP contribution in [0.5, 0.6) is 0 Å². The van der Waals surface area contributed by atoms with Crippen molar-refractivity contribution in [1.82, 2.24) is 19.3 Å². The highest BCUT2D eigenvalue weighted by atomic mass is 16.2. The van der Waals surface area contributed by atoms with Crippen LogP contribution in [-0.4, -0.2) is 31.7 Å². The van der Waals surface area contributed by atoms with E-state index >= 15 is 0 Å². The van der Waals surface area contributed by atoms with E-state index in [2.05, 4.69) is 36.8 Å². The van der Waals surface area contributed by atoms with E-state index in [1.807, 2.05) is 27.8 Å². The van der Waals surface area contributed by atoms with Crippen molar-refractivity contribution < 1.29 is 4.79 Å². The van der Waals surface area contributed by atoms with Crippen molar-refractivity contribution in [2.45, 2.75) is 53.0 Å². The summed E-state index contributed by atoms with van der Waals surface area (Å²) >= 11 is 0. The van der Waals surface area contributed by atoms with Gasteiger partial charge in [0.05, 0.1) is 12.2 Å². The molecular weight excluding hydrogens is 300 g/mol. The second-order valence-electron chi connectivity index (χ2n) is 7.44. The number of rotatable bonds is 5. The molecule has 2 aromatic rings. The van der Waals surface area contributed by atoms with E-state index in [1.54, 1.807) is 6.20 Å². The molecule has 0 bridgehead atoms. The standard InChI is InChI=1S/C19H26N4O/c1-15(2)6-4-8-19(3)9-7-17(24)23(14-19)13-16-12-22-11-5-10-20-18(22)21-16/h5-6,10-12H,4,7-9,13-14H2,1-3H3. The summed E-state index contributed by atoms with van der Waals surface area (Å²) in [5.41, 5.74) is 2.45. The maximum atomic E-state index is 12.3. The van der Waals surface area contributed by atoms with E-state index in [0.717, 1.165) is 31.5 Å². The molecule has 1 aliphatic heterocycles. The van der Waals surface area contributed by atoms with Crippen molar-refractivity contribution in [2.24, 2.45) is 5.41 Å². The molecule has 24 heavy (non-hydrogen) atoms. The summed E-state index contributed by atoms with van der Waals surface area (Å²) in [6, 6.07) is 1.88. The Labute approximate surface area is 143 Å². The number of piperidine rings is 1. The molecule has 1 unspecified atom stereocenters. The van der Waals surface area contributed by atoms with E-state index in [0.29, 0.717) is 18.7 Å². The van der Waals surface area contributed by atoms with Gasteiger partial charge in [0, 0.05) is 31.6 Å². The summed E-state index contributed by atoms with van der Waals surface area (Å²) in [4.78, 5) is 23.1. The number of hydrogen-bond donors (Lipinski definition) is 0. The summed E-state index contributed by atoms with van der Waals surface area (Å²) in [6.45, 7) is 7.95. The van der Waals surface area contributed by atoms with E-state index in [1.165, 1.54) is 5.57 Å². The molecule has 0 N–H and O–H groups in total. The van der Waals surface area contributed by atoms with Crippen LogP contribution in [0.4, 0.5) is 0 Å². The minimum atomic E-state index is 0.192. The highest BCUT2D eigenvalue weighted by Crippen LogP contribution is 2.35. The smallest absolute Gasteiger partial charge is 0.233 e. The fraction of sp³-hybridized carbons (Fsp3) is 0.526. The number of carbonyl (C=O) groups excluding carboxylic acids is 1. The summed E-state index contributed by atoms with van der Waals surface area (Å²) in [7, 11) is 0. The number of carbonyl (C=O) groups is 1. The highest BCUT2D eigenvalue weighted by Gasteiger charge is 2.34. The molecule has 1 saturated heterocycles. The molecule has 0 saturated carbocycles. The Morgan fingerprint density at radius 2 is 2.25 bits per heavy atom. The van der Waals surface area contributed by atoms with Crippen molar-refractivity contribution in [3.05, 3.63) is 42.0 Å². The number of likely N-dealkylation sites (tertiary alicyclic amines) is 1. The van der Waals surface area contributed by atoms with Gasteiger partial charge in [0.15, 0.2) is 0 Å². The molecule has 1 aliphatic rings. The lowest BCUT2D eigenvalue weighted by Gasteiger charge is -2.40. The number of aromatic nitrogens is 3. The number of allylic oxidation sites excluding steroid dienone is 2. The minimum absolute atomic E-state index is 0.192. The maximum absolute atomic E-state index is 12.3. The highest BCUT2D eigenvalue weighted by molar-refractivity contribution is 5.77. The average Bonchev–Trinajstić information content (AvgIpc) is 2.93. The molecule has 1 amide bonds. The van der Waals surface area contributed by atoms with Gasteiger partial charge in [0.1, 0.15) is 0 Å². The van der Waals surface area contributed by atoms with Gasteiger partial charge in [-0.05, 0) is 44.6 Å². The SMILES string of the molecule is CC(C)=CCCC1(C)CCC(=O)N(Cc2cn3cccnc3n2)C1. The molecule has 2 aromatic heterocycles. The fourth-order valence-electron chi connectivity index (χ4n) is 3.40. The van der Waals surface area contributed by atoms with Crippen molar-refractivity contribution in [3.63, 3.8) is 0 Å². The van der Waals surface area contributed by atoms with Gasteiger partial charge in [-0.2, -0.15) is 0 Å². The van der Waals surface area contributed by atoms with Gasteiger partial charge in [0.25, 0.3) is 0 Å². The van der Waals surface area contributed by atoms with Crippen molar-refractivity contribution in [1.29, 1.82) is 0 Å². The fourth-order valence-corrected chi connectivity index (χ4v) is 3.40. The summed E-state index contributed by atoms with van der Waals surface area (Å²) in [5, 5.41) is 0. The first kappa shape index (κ1) is 16.7. The molecule has 128 valence electrons. The molecule has 3 rings (SSSR count). The van der Waals surface area contributed by atoms with Gasteiger partial charge in [0.2, 0.25) is 11.7 Å². The van der Waals surface area contributed by atoms with Crippen LogP contribution < -0.4 is 0 Å². The molecule has 1 fully saturated rings. The quantitative estimate of drug-likeness (QED) is 0.789. The van der Waals surface area contributed by atoms with Gasteiger partial charge in [-0.3, -0.25) is 9.20 Å². The normalized spacial score (nSPS) is 21.3. The van der Waals surface area contributed by atoms with E-state index in [9.17, 15) is 4.79 Å². The lowest BCUT2D eigenvalue weighted by Crippen LogP contribution is -2.44. The first-order chi connectivity index (χ1) is 11.5. The molecule has 1 atom stereocenters. The minimum Gasteiger partial charge on any atom is -0.336 e. The van der Waals surface area contributed by atoms with Gasteiger partial charge in [-0.1, -0.05) is 18.6 Å². The molecule has 0 radical (unpaired) electrons. The molecular formula is C19H26N4O. The van der Waals surface area contributed by atoms with Crippen LogP contribution in [0.25, 0.3) is 5.78 Å². The molecule has 0 spiro atoms. The molecule has 3 heterocycles. The zero-order chi connectivity index (χ0) is 17.2. The van der Waals surface area contributed by atoms with Gasteiger partial charge < -0.3 is 4.90 Å². The van der Waals surface area contributed by atoms with Crippen LogP contribution in [0, 0.1) is 5.41 Å². The number of nitrogens with zero attached hydrogens (tertiary/aromatic N) is 4. The predicted molar refractivity (Wildman–Crippen MR) is 94.4 cm³/mol. The lowest BCUT2D eigenvalue weighted by molar-refractivity contribution is -0.138. The zero-order valence-corrected chi connectivity index (χ0v) is 14.8. The van der Waals surface area contributed by atoms with Crippen LogP contribution in [0.3, 0.4) is 0 Å². The molecule has 0 aromatic carbocycles. The Hall–Kier alpha value is -2.17. The lowest BCUT2D eigenvalue weighted by atomic mass is 9.77. The second kappa shape index (κ2) is 6.75. The summed E-state index contributed by atoms with van der Waals surface area (Å²) in [5.74, 6) is 0.919. The van der Waals surface area contributed by atoms with Crippen LogP contribution in [0.15, 0.2) is 36.3 Å². The van der Waals surface area contributed by atoms with Gasteiger partial charge in [-0.15, -0.1) is 0 Å². The van der Waals surface area contributed by atoms with Crippen molar-refractivity contribution in [3.8, 4) is 0 Å². The predicted octanol–water partition coefficient (Wildman–Crippen LogP) is 3.60. The van der Waals surface area contributed by atoms with Crippen molar-refractivity contribution >= 4 is 11.7 Å². The zero-order valence-electron chi connectivity index (χ0n) is 14.8. The van der Waals surface area contributed by atoms with Crippen LogP contribution >= 0.6 is 0 Å². The van der Waals surface area contributed by atoms with E-state index in [4.69, 9.17) is 0 Å². The number of fused-ring (bicyclic) bond motifs is 1. The Kier molecular flexibility index (Phi) is 4.69. The number of hydrogen-bond acceptors (Lipinski definition) is 3. The topological polar surface area (TPSA) is 50.5 Å². The van der Waals surface area contributed by atoms with Crippen LogP contribution in [0.1, 0.15) is 52.1 Å². The number of amides is 1. The summed E-state index contributed by atoms with van der Waals surface area (Å²) < 4.78 is 1.90. The first-order valence-corrected chi connectivity index (χ1v) is 8.65. The number of imidazole rings is 1. The third kappa shape index (κ3) is 3.83. The molecule has 0 aliphatic carbocycles. The average molecular weight is 326 g/mol. The Bertz CT molecular complexity index is 727. The van der Waals surface area contributed by atoms with E-state index in [-0.39, 0.29) is 11.3 Å². The van der Waals surface area contributed by atoms with Gasteiger partial charge in [-0.25, -0.2) is 9.97 Å². The first-order valence-electron chi connectivity index (χ1n) is 8.65.